The molecule has 1 aromatic carbocycles. The maximum absolute atomic E-state index is 12.5. The molecule has 7 heteroatoms. The van der Waals surface area contributed by atoms with E-state index in [0.29, 0.717) is 16.7 Å². The van der Waals surface area contributed by atoms with E-state index in [1.807, 2.05) is 38.1 Å². The highest BCUT2D eigenvalue weighted by Gasteiger charge is 2.17. The molecule has 3 rings (SSSR count). The van der Waals surface area contributed by atoms with Crippen molar-refractivity contribution >= 4 is 45.8 Å². The van der Waals surface area contributed by atoms with Gasteiger partial charge in [0.2, 0.25) is 0 Å². The van der Waals surface area contributed by atoms with Gasteiger partial charge in [0.25, 0.3) is 0 Å². The molecule has 0 saturated carbocycles. The molecule has 2 heterocycles. The number of aromatic nitrogens is 3. The number of hydrogen-bond donors (Lipinski definition) is 0. The van der Waals surface area contributed by atoms with E-state index < -0.39 is 5.69 Å². The highest BCUT2D eigenvalue weighted by molar-refractivity contribution is 6.42. The standard InChI is InChI=1S/C16H12Cl3N3O/c1-8(2)9-5-3-4-6-12(9)22-15-10(13(18)21-16(22)23)7-11(17)14(19)20-15/h3-8H,1-2H3. The molecule has 0 fully saturated rings. The number of benzene rings is 1. The van der Waals surface area contributed by atoms with E-state index in [-0.39, 0.29) is 21.2 Å². The summed E-state index contributed by atoms with van der Waals surface area (Å²) in [5, 5.41) is 0.885. The predicted octanol–water partition coefficient (Wildman–Crippen LogP) is 4.86. The number of hydrogen-bond acceptors (Lipinski definition) is 3. The van der Waals surface area contributed by atoms with E-state index in [1.165, 1.54) is 4.57 Å². The number of para-hydroxylation sites is 1. The summed E-state index contributed by atoms with van der Waals surface area (Å²) in [6.45, 7) is 4.10. The van der Waals surface area contributed by atoms with Gasteiger partial charge in [-0.3, -0.25) is 0 Å². The van der Waals surface area contributed by atoms with Crippen LogP contribution >= 0.6 is 34.8 Å². The van der Waals surface area contributed by atoms with Crippen molar-refractivity contribution in [1.82, 2.24) is 14.5 Å². The molecule has 0 aliphatic carbocycles. The molecule has 0 radical (unpaired) electrons. The Morgan fingerprint density at radius 2 is 1.74 bits per heavy atom. The lowest BCUT2D eigenvalue weighted by molar-refractivity contribution is 0.834. The van der Waals surface area contributed by atoms with Gasteiger partial charge in [-0.25, -0.2) is 14.3 Å². The Balaban J connectivity index is 2.48. The highest BCUT2D eigenvalue weighted by Crippen LogP contribution is 2.30. The lowest BCUT2D eigenvalue weighted by atomic mass is 10.0. The quantitative estimate of drug-likeness (QED) is 0.479. The zero-order valence-electron chi connectivity index (χ0n) is 12.3. The molecule has 4 nitrogen and oxygen atoms in total. The Labute approximate surface area is 147 Å². The Hall–Kier alpha value is -1.62. The van der Waals surface area contributed by atoms with Crippen molar-refractivity contribution < 1.29 is 0 Å². The van der Waals surface area contributed by atoms with E-state index in [1.54, 1.807) is 6.07 Å². The van der Waals surface area contributed by atoms with Gasteiger partial charge in [-0.05, 0) is 23.6 Å². The van der Waals surface area contributed by atoms with E-state index in [2.05, 4.69) is 9.97 Å². The minimum atomic E-state index is -0.513. The Kier molecular flexibility index (Phi) is 4.32. The lowest BCUT2D eigenvalue weighted by Gasteiger charge is -2.16. The third kappa shape index (κ3) is 2.82. The van der Waals surface area contributed by atoms with Crippen molar-refractivity contribution in [3.05, 3.63) is 61.7 Å². The second kappa shape index (κ2) is 6.11. The average molecular weight is 369 g/mol. The number of fused-ring (bicyclic) bond motifs is 1. The van der Waals surface area contributed by atoms with Crippen LogP contribution in [0.1, 0.15) is 25.3 Å². The second-order valence-electron chi connectivity index (χ2n) is 5.37. The monoisotopic (exact) mass is 367 g/mol. The van der Waals surface area contributed by atoms with Gasteiger partial charge in [-0.1, -0.05) is 66.8 Å². The van der Waals surface area contributed by atoms with Crippen LogP contribution in [0.2, 0.25) is 15.3 Å². The number of pyridine rings is 1. The average Bonchev–Trinajstić information content (AvgIpc) is 2.50. The van der Waals surface area contributed by atoms with Gasteiger partial charge in [-0.15, -0.1) is 0 Å². The third-order valence-corrected chi connectivity index (χ3v) is 4.49. The van der Waals surface area contributed by atoms with Crippen molar-refractivity contribution in [2.24, 2.45) is 0 Å². The highest BCUT2D eigenvalue weighted by atomic mass is 35.5. The topological polar surface area (TPSA) is 47.8 Å². The largest absolute Gasteiger partial charge is 0.355 e. The summed E-state index contributed by atoms with van der Waals surface area (Å²) in [6, 6.07) is 9.15. The minimum absolute atomic E-state index is 0.0503. The van der Waals surface area contributed by atoms with Gasteiger partial charge in [-0.2, -0.15) is 4.98 Å². The molecule has 2 aromatic heterocycles. The summed E-state index contributed by atoms with van der Waals surface area (Å²) in [7, 11) is 0. The van der Waals surface area contributed by atoms with Crippen molar-refractivity contribution in [1.29, 1.82) is 0 Å². The fourth-order valence-corrected chi connectivity index (χ4v) is 2.96. The van der Waals surface area contributed by atoms with Crippen LogP contribution < -0.4 is 5.69 Å². The summed E-state index contributed by atoms with van der Waals surface area (Å²) in [6.07, 6.45) is 0. The Bertz CT molecular complexity index is 967. The number of halogens is 3. The normalized spacial score (nSPS) is 11.4. The molecule has 23 heavy (non-hydrogen) atoms. The van der Waals surface area contributed by atoms with Crippen LogP contribution in [0.3, 0.4) is 0 Å². The first-order valence-corrected chi connectivity index (χ1v) is 8.07. The molecule has 0 saturated heterocycles. The van der Waals surface area contributed by atoms with Crippen LogP contribution in [-0.4, -0.2) is 14.5 Å². The SMILES string of the molecule is CC(C)c1ccccc1-n1c(=O)nc(Cl)c2cc(Cl)c(Cl)nc21. The van der Waals surface area contributed by atoms with Gasteiger partial charge in [0.1, 0.15) is 10.3 Å². The molecule has 3 aromatic rings. The maximum Gasteiger partial charge on any atom is 0.355 e. The fourth-order valence-electron chi connectivity index (χ4n) is 2.46. The zero-order valence-corrected chi connectivity index (χ0v) is 14.6. The smallest absolute Gasteiger partial charge is 0.245 e. The summed E-state index contributed by atoms with van der Waals surface area (Å²) >= 11 is 18.1. The third-order valence-electron chi connectivity index (χ3n) is 3.53. The maximum atomic E-state index is 12.5. The molecule has 0 bridgehead atoms. The van der Waals surface area contributed by atoms with Gasteiger partial charge >= 0.3 is 5.69 Å². The van der Waals surface area contributed by atoms with Gasteiger partial charge in [0.05, 0.1) is 16.1 Å². The van der Waals surface area contributed by atoms with E-state index in [9.17, 15) is 4.79 Å². The molecule has 0 atom stereocenters. The fraction of sp³-hybridized carbons (Fsp3) is 0.188. The van der Waals surface area contributed by atoms with Crippen molar-refractivity contribution in [3.8, 4) is 5.69 Å². The first kappa shape index (κ1) is 16.2. The second-order valence-corrected chi connectivity index (χ2v) is 6.49. The molecule has 118 valence electrons. The summed E-state index contributed by atoms with van der Waals surface area (Å²) in [4.78, 5) is 20.6. The molecule has 0 N–H and O–H groups in total. The van der Waals surface area contributed by atoms with E-state index in [0.717, 1.165) is 5.56 Å². The Morgan fingerprint density at radius 1 is 1.04 bits per heavy atom. The van der Waals surface area contributed by atoms with Crippen LogP contribution in [0.25, 0.3) is 16.7 Å². The minimum Gasteiger partial charge on any atom is -0.245 e. The Morgan fingerprint density at radius 3 is 2.43 bits per heavy atom. The van der Waals surface area contributed by atoms with E-state index in [4.69, 9.17) is 34.8 Å². The number of rotatable bonds is 2. The molecule has 0 aliphatic heterocycles. The van der Waals surface area contributed by atoms with Gasteiger partial charge < -0.3 is 0 Å². The van der Waals surface area contributed by atoms with Crippen LogP contribution in [0, 0.1) is 0 Å². The van der Waals surface area contributed by atoms with E-state index >= 15 is 0 Å². The van der Waals surface area contributed by atoms with Crippen molar-refractivity contribution in [3.63, 3.8) is 0 Å². The summed E-state index contributed by atoms with van der Waals surface area (Å²) in [5.41, 5.74) is 1.51. The molecule has 0 amide bonds. The predicted molar refractivity (Wildman–Crippen MR) is 94.3 cm³/mol. The van der Waals surface area contributed by atoms with Gasteiger partial charge in [0, 0.05) is 0 Å². The van der Waals surface area contributed by atoms with Crippen LogP contribution in [0.4, 0.5) is 0 Å². The molecule has 0 aliphatic rings. The summed E-state index contributed by atoms with van der Waals surface area (Å²) in [5.74, 6) is 0.214. The molecular weight excluding hydrogens is 357 g/mol. The molecule has 0 spiro atoms. The lowest BCUT2D eigenvalue weighted by Crippen LogP contribution is -2.24. The van der Waals surface area contributed by atoms with Crippen molar-refractivity contribution in [2.45, 2.75) is 19.8 Å². The first-order chi connectivity index (χ1) is 10.9. The van der Waals surface area contributed by atoms with Gasteiger partial charge in [0.15, 0.2) is 5.65 Å². The summed E-state index contributed by atoms with van der Waals surface area (Å²) < 4.78 is 1.42. The van der Waals surface area contributed by atoms with Crippen LogP contribution in [-0.2, 0) is 0 Å². The molecular formula is C16H12Cl3N3O. The van der Waals surface area contributed by atoms with Crippen LogP contribution in [0.5, 0.6) is 0 Å². The molecule has 0 unspecified atom stereocenters. The zero-order chi connectivity index (χ0) is 16.7. The number of nitrogens with zero attached hydrogens (tertiary/aromatic N) is 3. The first-order valence-electron chi connectivity index (χ1n) is 6.93. The van der Waals surface area contributed by atoms with Crippen molar-refractivity contribution in [2.75, 3.05) is 0 Å². The van der Waals surface area contributed by atoms with Crippen LogP contribution in [0.15, 0.2) is 35.1 Å².